The van der Waals surface area contributed by atoms with E-state index in [-0.39, 0.29) is 15.8 Å². The van der Waals surface area contributed by atoms with Gasteiger partial charge >= 0.3 is 0 Å². The van der Waals surface area contributed by atoms with Gasteiger partial charge in [-0.1, -0.05) is 28.4 Å². The molecule has 1 N–H and O–H groups in total. The highest BCUT2D eigenvalue weighted by Gasteiger charge is 2.29. The van der Waals surface area contributed by atoms with Gasteiger partial charge in [0, 0.05) is 10.9 Å². The third-order valence-corrected chi connectivity index (χ3v) is 5.60. The molecule has 0 aromatic heterocycles. The van der Waals surface area contributed by atoms with Crippen LogP contribution in [0.3, 0.4) is 0 Å². The van der Waals surface area contributed by atoms with Crippen LogP contribution in [0.25, 0.3) is 0 Å². The van der Waals surface area contributed by atoms with Crippen LogP contribution < -0.4 is 4.72 Å². The molecule has 2 unspecified atom stereocenters. The highest BCUT2D eigenvalue weighted by molar-refractivity contribution is 9.09. The van der Waals surface area contributed by atoms with Crippen molar-refractivity contribution < 1.29 is 8.42 Å². The maximum Gasteiger partial charge on any atom is 0.240 e. The molecule has 2 atom stereocenters. The first-order valence-corrected chi connectivity index (χ1v) is 8.09. The number of nitrogens with one attached hydrogen (secondary N) is 1. The molecule has 96 valence electrons. The van der Waals surface area contributed by atoms with E-state index in [1.54, 1.807) is 12.1 Å². The first kappa shape index (κ1) is 13.5. The van der Waals surface area contributed by atoms with E-state index < -0.39 is 10.0 Å². The first-order chi connectivity index (χ1) is 8.53. The Morgan fingerprint density at radius 3 is 2.78 bits per heavy atom. The van der Waals surface area contributed by atoms with Crippen molar-refractivity contribution in [3.8, 4) is 6.07 Å². The number of halogens is 1. The van der Waals surface area contributed by atoms with Crippen molar-refractivity contribution in [3.05, 3.63) is 29.8 Å². The summed E-state index contributed by atoms with van der Waals surface area (Å²) in [6.07, 6.45) is 2.83. The summed E-state index contributed by atoms with van der Waals surface area (Å²) in [6.45, 7) is 0. The maximum atomic E-state index is 12.2. The molecule has 1 aliphatic rings. The summed E-state index contributed by atoms with van der Waals surface area (Å²) >= 11 is 3.48. The van der Waals surface area contributed by atoms with E-state index in [0.29, 0.717) is 5.56 Å². The van der Waals surface area contributed by atoms with Crippen molar-refractivity contribution in [2.75, 3.05) is 0 Å². The van der Waals surface area contributed by atoms with Crippen LogP contribution in [0.1, 0.15) is 24.8 Å². The predicted molar refractivity (Wildman–Crippen MR) is 71.8 cm³/mol. The Balaban J connectivity index is 2.22. The number of nitriles is 1. The molecule has 0 heterocycles. The minimum atomic E-state index is -3.54. The number of alkyl halides is 1. The van der Waals surface area contributed by atoms with E-state index in [2.05, 4.69) is 20.7 Å². The molecular weight excluding hydrogens is 316 g/mol. The molecule has 6 heteroatoms. The smallest absolute Gasteiger partial charge is 0.207 e. The summed E-state index contributed by atoms with van der Waals surface area (Å²) in [4.78, 5) is 0.333. The number of benzene rings is 1. The normalized spacial score (nSPS) is 23.8. The number of rotatable bonds is 3. The van der Waals surface area contributed by atoms with Gasteiger partial charge in [-0.2, -0.15) is 5.26 Å². The minimum Gasteiger partial charge on any atom is -0.207 e. The molecule has 4 nitrogen and oxygen atoms in total. The summed E-state index contributed by atoms with van der Waals surface area (Å²) in [5.74, 6) is 0. The van der Waals surface area contributed by atoms with Crippen LogP contribution in [-0.2, 0) is 10.0 Å². The molecule has 0 radical (unpaired) electrons. The molecule has 18 heavy (non-hydrogen) atoms. The van der Waals surface area contributed by atoms with Gasteiger partial charge in [-0.05, 0) is 31.0 Å². The van der Waals surface area contributed by atoms with Crippen LogP contribution in [0, 0.1) is 11.3 Å². The van der Waals surface area contributed by atoms with Gasteiger partial charge < -0.3 is 0 Å². The zero-order chi connectivity index (χ0) is 13.2. The monoisotopic (exact) mass is 328 g/mol. The van der Waals surface area contributed by atoms with Gasteiger partial charge in [0.05, 0.1) is 16.5 Å². The second-order valence-electron chi connectivity index (χ2n) is 4.31. The van der Waals surface area contributed by atoms with E-state index in [1.807, 2.05) is 6.07 Å². The summed E-state index contributed by atoms with van der Waals surface area (Å²) in [6, 6.07) is 7.92. The second kappa shape index (κ2) is 5.39. The van der Waals surface area contributed by atoms with Crippen molar-refractivity contribution >= 4 is 26.0 Å². The molecule has 2 rings (SSSR count). The van der Waals surface area contributed by atoms with Crippen molar-refractivity contribution in [1.29, 1.82) is 5.26 Å². The first-order valence-electron chi connectivity index (χ1n) is 5.69. The van der Waals surface area contributed by atoms with Crippen molar-refractivity contribution in [1.82, 2.24) is 4.72 Å². The topological polar surface area (TPSA) is 70.0 Å². The predicted octanol–water partition coefficient (Wildman–Crippen LogP) is 2.15. The molecule has 0 spiro atoms. The number of nitrogens with zero attached hydrogens (tertiary/aromatic N) is 1. The van der Waals surface area contributed by atoms with Crippen LogP contribution in [0.5, 0.6) is 0 Å². The van der Waals surface area contributed by atoms with E-state index in [9.17, 15) is 8.42 Å². The van der Waals surface area contributed by atoms with Gasteiger partial charge in [-0.3, -0.25) is 0 Å². The van der Waals surface area contributed by atoms with Gasteiger partial charge in [0.15, 0.2) is 0 Å². The Bertz CT molecular complexity index is 580. The summed E-state index contributed by atoms with van der Waals surface area (Å²) in [7, 11) is -3.54. The van der Waals surface area contributed by atoms with E-state index in [1.165, 1.54) is 12.1 Å². The molecule has 1 fully saturated rings. The molecule has 1 aliphatic carbocycles. The molecular formula is C12H13BrN2O2S. The van der Waals surface area contributed by atoms with Crippen LogP contribution in [-0.4, -0.2) is 19.3 Å². The summed E-state index contributed by atoms with van der Waals surface area (Å²) in [5, 5.41) is 8.78. The Morgan fingerprint density at radius 2 is 2.17 bits per heavy atom. The third-order valence-electron chi connectivity index (χ3n) is 3.01. The average molecular weight is 329 g/mol. The summed E-state index contributed by atoms with van der Waals surface area (Å²) in [5.41, 5.74) is 0.347. The average Bonchev–Trinajstić information content (AvgIpc) is 2.74. The Hall–Kier alpha value is -0.900. The van der Waals surface area contributed by atoms with Gasteiger partial charge in [0.1, 0.15) is 0 Å². The third kappa shape index (κ3) is 2.91. The fourth-order valence-electron chi connectivity index (χ4n) is 2.05. The largest absolute Gasteiger partial charge is 0.240 e. The molecule has 1 aromatic carbocycles. The maximum absolute atomic E-state index is 12.2. The number of hydrogen-bond acceptors (Lipinski definition) is 3. The minimum absolute atomic E-state index is 0.0688. The molecule has 1 saturated carbocycles. The quantitative estimate of drug-likeness (QED) is 0.864. The summed E-state index contributed by atoms with van der Waals surface area (Å²) < 4.78 is 27.0. The van der Waals surface area contributed by atoms with Crippen LogP contribution in [0.4, 0.5) is 0 Å². The number of sulfonamides is 1. The zero-order valence-corrected chi connectivity index (χ0v) is 12.0. The fraction of sp³-hybridized carbons (Fsp3) is 0.417. The SMILES string of the molecule is N#Cc1cccc(S(=O)(=O)NC2CCCC2Br)c1. The van der Waals surface area contributed by atoms with Crippen molar-refractivity contribution in [2.24, 2.45) is 0 Å². The molecule has 0 saturated heterocycles. The molecule has 0 aliphatic heterocycles. The van der Waals surface area contributed by atoms with Gasteiger partial charge in [0.25, 0.3) is 0 Å². The Kier molecular flexibility index (Phi) is 4.05. The van der Waals surface area contributed by atoms with Gasteiger partial charge in [-0.15, -0.1) is 0 Å². The number of hydrogen-bond donors (Lipinski definition) is 1. The lowest BCUT2D eigenvalue weighted by atomic mass is 10.2. The van der Waals surface area contributed by atoms with Crippen LogP contribution >= 0.6 is 15.9 Å². The molecule has 0 bridgehead atoms. The standard InChI is InChI=1S/C12H13BrN2O2S/c13-11-5-2-6-12(11)15-18(16,17)10-4-1-3-9(7-10)8-14/h1,3-4,7,11-12,15H,2,5-6H2. The van der Waals surface area contributed by atoms with Gasteiger partial charge in [-0.25, -0.2) is 13.1 Å². The van der Waals surface area contributed by atoms with Crippen molar-refractivity contribution in [2.45, 2.75) is 35.0 Å². The van der Waals surface area contributed by atoms with Crippen LogP contribution in [0.15, 0.2) is 29.2 Å². The van der Waals surface area contributed by atoms with Crippen molar-refractivity contribution in [3.63, 3.8) is 0 Å². The highest BCUT2D eigenvalue weighted by Crippen LogP contribution is 2.27. The Labute approximate surface area is 115 Å². The Morgan fingerprint density at radius 1 is 1.39 bits per heavy atom. The lowest BCUT2D eigenvalue weighted by Gasteiger charge is -2.16. The van der Waals surface area contributed by atoms with E-state index in [4.69, 9.17) is 5.26 Å². The fourth-order valence-corrected chi connectivity index (χ4v) is 4.30. The van der Waals surface area contributed by atoms with Gasteiger partial charge in [0.2, 0.25) is 10.0 Å². The van der Waals surface area contributed by atoms with E-state index >= 15 is 0 Å². The zero-order valence-electron chi connectivity index (χ0n) is 9.64. The lowest BCUT2D eigenvalue weighted by Crippen LogP contribution is -2.37. The second-order valence-corrected chi connectivity index (χ2v) is 7.20. The lowest BCUT2D eigenvalue weighted by molar-refractivity contribution is 0.556. The molecule has 1 aromatic rings. The van der Waals surface area contributed by atoms with Crippen LogP contribution in [0.2, 0.25) is 0 Å². The molecule has 0 amide bonds. The van der Waals surface area contributed by atoms with E-state index in [0.717, 1.165) is 19.3 Å². The highest BCUT2D eigenvalue weighted by atomic mass is 79.9.